The van der Waals surface area contributed by atoms with E-state index < -0.39 is 12.0 Å². The van der Waals surface area contributed by atoms with Crippen molar-refractivity contribution in [3.05, 3.63) is 52.8 Å². The summed E-state index contributed by atoms with van der Waals surface area (Å²) in [6.45, 7) is 0. The number of hydrogen-bond donors (Lipinski definition) is 2. The van der Waals surface area contributed by atoms with Gasteiger partial charge in [0.1, 0.15) is 5.82 Å². The predicted octanol–water partition coefficient (Wildman–Crippen LogP) is 3.23. The minimum atomic E-state index is -1.19. The van der Waals surface area contributed by atoms with E-state index >= 15 is 0 Å². The number of rotatable bonds is 2. The maximum atomic E-state index is 13.0. The van der Waals surface area contributed by atoms with Gasteiger partial charge >= 0.3 is 0 Å². The van der Waals surface area contributed by atoms with Crippen molar-refractivity contribution in [2.24, 2.45) is 0 Å². The highest BCUT2D eigenvalue weighted by atomic mass is 35.5. The largest absolute Gasteiger partial charge is 0.378 e. The molecular formula is C15H12ClFN2O2. The average Bonchev–Trinajstić information content (AvgIpc) is 2.73. The minimum Gasteiger partial charge on any atom is -0.378 e. The van der Waals surface area contributed by atoms with Crippen LogP contribution >= 0.6 is 11.6 Å². The van der Waals surface area contributed by atoms with Gasteiger partial charge in [0, 0.05) is 24.0 Å². The van der Waals surface area contributed by atoms with Gasteiger partial charge in [0.15, 0.2) is 6.10 Å². The lowest BCUT2D eigenvalue weighted by atomic mass is 10.1. The van der Waals surface area contributed by atoms with Crippen LogP contribution in [0.2, 0.25) is 5.02 Å². The molecule has 2 aromatic rings. The van der Waals surface area contributed by atoms with Gasteiger partial charge in [-0.05, 0) is 36.4 Å². The van der Waals surface area contributed by atoms with Crippen LogP contribution in [0.1, 0.15) is 11.7 Å². The number of halogens is 2. The summed E-state index contributed by atoms with van der Waals surface area (Å²) in [5.41, 5.74) is 2.39. The third kappa shape index (κ3) is 2.34. The number of benzene rings is 2. The number of aliphatic hydroxyl groups excluding tert-OH is 1. The van der Waals surface area contributed by atoms with E-state index in [1.807, 2.05) is 0 Å². The molecule has 0 aromatic heterocycles. The summed E-state index contributed by atoms with van der Waals surface area (Å²) in [4.78, 5) is 13.2. The van der Waals surface area contributed by atoms with Crippen molar-refractivity contribution in [1.82, 2.24) is 0 Å². The Balaban J connectivity index is 2.02. The molecule has 0 saturated carbocycles. The highest BCUT2D eigenvalue weighted by Crippen LogP contribution is 2.40. The first-order valence-electron chi connectivity index (χ1n) is 6.29. The summed E-state index contributed by atoms with van der Waals surface area (Å²) in [5, 5.41) is 12.7. The van der Waals surface area contributed by atoms with E-state index in [-0.39, 0.29) is 5.82 Å². The highest BCUT2D eigenvalue weighted by Gasteiger charge is 2.30. The lowest BCUT2D eigenvalue weighted by molar-refractivity contribution is -0.123. The maximum absolute atomic E-state index is 13.0. The normalized spacial score (nSPS) is 16.6. The van der Waals surface area contributed by atoms with E-state index in [1.165, 1.54) is 12.1 Å². The molecule has 1 aliphatic heterocycles. The van der Waals surface area contributed by atoms with Gasteiger partial charge in [-0.3, -0.25) is 4.79 Å². The standard InChI is InChI=1S/C15H12ClFN2O2/c1-19(9-4-2-8(17)3-5-9)13-7-12-10(6-11(13)16)14(20)15(21)18-12/h2-7,14,20H,1H3,(H,18,21). The summed E-state index contributed by atoms with van der Waals surface area (Å²) in [6, 6.07) is 9.24. The molecule has 0 saturated heterocycles. The monoisotopic (exact) mass is 306 g/mol. The number of aliphatic hydroxyl groups is 1. The average molecular weight is 307 g/mol. The van der Waals surface area contributed by atoms with Crippen LogP contribution in [-0.2, 0) is 4.79 Å². The van der Waals surface area contributed by atoms with E-state index in [0.717, 1.165) is 5.69 Å². The molecule has 1 atom stereocenters. The lowest BCUT2D eigenvalue weighted by Gasteiger charge is -2.21. The third-order valence-corrected chi connectivity index (χ3v) is 3.80. The van der Waals surface area contributed by atoms with Crippen LogP contribution in [-0.4, -0.2) is 18.1 Å². The van der Waals surface area contributed by atoms with E-state index in [4.69, 9.17) is 11.6 Å². The summed E-state index contributed by atoms with van der Waals surface area (Å²) < 4.78 is 13.0. The van der Waals surface area contributed by atoms with Crippen LogP contribution in [0.15, 0.2) is 36.4 Å². The van der Waals surface area contributed by atoms with Crippen LogP contribution < -0.4 is 10.2 Å². The molecule has 6 heteroatoms. The van der Waals surface area contributed by atoms with Crippen LogP contribution in [0.25, 0.3) is 0 Å². The van der Waals surface area contributed by atoms with Crippen molar-refractivity contribution in [1.29, 1.82) is 0 Å². The number of amides is 1. The molecule has 21 heavy (non-hydrogen) atoms. The molecular weight excluding hydrogens is 295 g/mol. The molecule has 1 amide bonds. The molecule has 2 N–H and O–H groups in total. The Hall–Kier alpha value is -2.11. The first-order chi connectivity index (χ1) is 9.97. The molecule has 0 spiro atoms. The molecule has 0 aliphatic carbocycles. The Kier molecular flexibility index (Phi) is 3.31. The Labute approximate surface area is 125 Å². The zero-order chi connectivity index (χ0) is 15.1. The number of hydrogen-bond acceptors (Lipinski definition) is 3. The second-order valence-electron chi connectivity index (χ2n) is 4.82. The molecule has 4 nitrogen and oxygen atoms in total. The Morgan fingerprint density at radius 1 is 1.29 bits per heavy atom. The Morgan fingerprint density at radius 3 is 2.62 bits per heavy atom. The second kappa shape index (κ2) is 5.02. The zero-order valence-electron chi connectivity index (χ0n) is 11.1. The number of nitrogens with zero attached hydrogens (tertiary/aromatic N) is 1. The van der Waals surface area contributed by atoms with Gasteiger partial charge in [0.25, 0.3) is 5.91 Å². The summed E-state index contributed by atoms with van der Waals surface area (Å²) in [5.74, 6) is -0.787. The molecule has 3 rings (SSSR count). The van der Waals surface area contributed by atoms with Crippen LogP contribution in [0.5, 0.6) is 0 Å². The first kappa shape index (κ1) is 13.9. The molecule has 108 valence electrons. The summed E-state index contributed by atoms with van der Waals surface area (Å²) in [7, 11) is 1.79. The first-order valence-corrected chi connectivity index (χ1v) is 6.67. The predicted molar refractivity (Wildman–Crippen MR) is 79.5 cm³/mol. The van der Waals surface area contributed by atoms with Crippen molar-refractivity contribution >= 4 is 34.6 Å². The van der Waals surface area contributed by atoms with Crippen molar-refractivity contribution in [3.8, 4) is 0 Å². The molecule has 0 bridgehead atoms. The zero-order valence-corrected chi connectivity index (χ0v) is 11.9. The molecule has 0 fully saturated rings. The summed E-state index contributed by atoms with van der Waals surface area (Å²) in [6.07, 6.45) is -1.19. The molecule has 1 unspecified atom stereocenters. The van der Waals surface area contributed by atoms with Crippen molar-refractivity contribution in [2.75, 3.05) is 17.3 Å². The lowest BCUT2D eigenvalue weighted by Crippen LogP contribution is -2.10. The van der Waals surface area contributed by atoms with Crippen LogP contribution in [0, 0.1) is 5.82 Å². The second-order valence-corrected chi connectivity index (χ2v) is 5.23. The van der Waals surface area contributed by atoms with Gasteiger partial charge in [-0.15, -0.1) is 0 Å². The van der Waals surface area contributed by atoms with Gasteiger partial charge in [0.2, 0.25) is 0 Å². The van der Waals surface area contributed by atoms with E-state index in [9.17, 15) is 14.3 Å². The van der Waals surface area contributed by atoms with Gasteiger partial charge in [-0.1, -0.05) is 11.6 Å². The van der Waals surface area contributed by atoms with Crippen molar-refractivity contribution in [2.45, 2.75) is 6.10 Å². The van der Waals surface area contributed by atoms with Crippen molar-refractivity contribution in [3.63, 3.8) is 0 Å². The number of carbonyl (C=O) groups excluding carboxylic acids is 1. The van der Waals surface area contributed by atoms with Gasteiger partial charge in [-0.2, -0.15) is 0 Å². The molecule has 1 aliphatic rings. The smallest absolute Gasteiger partial charge is 0.257 e. The quantitative estimate of drug-likeness (QED) is 0.895. The SMILES string of the molecule is CN(c1ccc(F)cc1)c1cc2c(cc1Cl)C(O)C(=O)N2. The topological polar surface area (TPSA) is 52.6 Å². The number of carbonyl (C=O) groups is 1. The minimum absolute atomic E-state index is 0.317. The fraction of sp³-hybridized carbons (Fsp3) is 0.133. The Morgan fingerprint density at radius 2 is 1.95 bits per heavy atom. The highest BCUT2D eigenvalue weighted by molar-refractivity contribution is 6.34. The summed E-state index contributed by atoms with van der Waals surface area (Å²) >= 11 is 6.23. The van der Waals surface area contributed by atoms with Gasteiger partial charge < -0.3 is 15.3 Å². The van der Waals surface area contributed by atoms with Crippen LogP contribution in [0.4, 0.5) is 21.5 Å². The molecule has 0 radical (unpaired) electrons. The van der Waals surface area contributed by atoms with E-state index in [0.29, 0.717) is 22.0 Å². The molecule has 2 aromatic carbocycles. The number of nitrogens with one attached hydrogen (secondary N) is 1. The maximum Gasteiger partial charge on any atom is 0.257 e. The number of anilines is 3. The van der Waals surface area contributed by atoms with E-state index in [1.54, 1.807) is 36.2 Å². The number of fused-ring (bicyclic) bond motifs is 1. The fourth-order valence-corrected chi connectivity index (χ4v) is 2.61. The van der Waals surface area contributed by atoms with Gasteiger partial charge in [-0.25, -0.2) is 4.39 Å². The third-order valence-electron chi connectivity index (χ3n) is 3.50. The van der Waals surface area contributed by atoms with Crippen molar-refractivity contribution < 1.29 is 14.3 Å². The van der Waals surface area contributed by atoms with E-state index in [2.05, 4.69) is 5.32 Å². The van der Waals surface area contributed by atoms with Crippen LogP contribution in [0.3, 0.4) is 0 Å². The Bertz CT molecular complexity index is 718. The molecule has 1 heterocycles. The van der Waals surface area contributed by atoms with Gasteiger partial charge in [0.05, 0.1) is 10.7 Å². The fourth-order valence-electron chi connectivity index (χ4n) is 2.31.